The Kier molecular flexibility index (Phi) is 4.72. The molecule has 7 heteroatoms. The summed E-state index contributed by atoms with van der Waals surface area (Å²) in [5.74, 6) is -0.244. The number of carbonyl (C=O) groups excluding carboxylic acids is 1. The number of rotatable bonds is 3. The Morgan fingerprint density at radius 1 is 1.45 bits per heavy atom. The largest absolute Gasteiger partial charge is 0.328 e. The summed E-state index contributed by atoms with van der Waals surface area (Å²) in [6.07, 6.45) is 3.37. The lowest BCUT2D eigenvalue weighted by Crippen LogP contribution is -2.34. The lowest BCUT2D eigenvalue weighted by molar-refractivity contribution is -0.384. The molecular formula is C13H16BrN3O3. The van der Waals surface area contributed by atoms with Gasteiger partial charge in [0.05, 0.1) is 10.6 Å². The number of nitrogens with one attached hydrogen (secondary N) is 1. The van der Waals surface area contributed by atoms with Crippen molar-refractivity contribution in [2.45, 2.75) is 31.7 Å². The number of non-ortho nitro benzene ring substituents is 1. The fraction of sp³-hybridized carbons (Fsp3) is 0.462. The van der Waals surface area contributed by atoms with Crippen molar-refractivity contribution in [1.82, 2.24) is 0 Å². The Hall–Kier alpha value is -1.47. The lowest BCUT2D eigenvalue weighted by Gasteiger charge is -2.25. The van der Waals surface area contributed by atoms with Crippen molar-refractivity contribution in [2.75, 3.05) is 5.32 Å². The van der Waals surface area contributed by atoms with E-state index in [1.165, 1.54) is 12.1 Å². The number of nitro groups is 1. The minimum Gasteiger partial charge on any atom is -0.328 e. The van der Waals surface area contributed by atoms with Crippen molar-refractivity contribution in [2.24, 2.45) is 11.7 Å². The molecule has 6 nitrogen and oxygen atoms in total. The molecule has 0 saturated heterocycles. The molecule has 1 aromatic rings. The van der Waals surface area contributed by atoms with E-state index in [0.717, 1.165) is 19.3 Å². The van der Waals surface area contributed by atoms with Crippen LogP contribution < -0.4 is 11.1 Å². The van der Waals surface area contributed by atoms with Gasteiger partial charge >= 0.3 is 0 Å². The van der Waals surface area contributed by atoms with E-state index < -0.39 is 4.92 Å². The van der Waals surface area contributed by atoms with Gasteiger partial charge < -0.3 is 11.1 Å². The number of carbonyl (C=O) groups is 1. The van der Waals surface area contributed by atoms with E-state index >= 15 is 0 Å². The van der Waals surface area contributed by atoms with Gasteiger partial charge in [0.25, 0.3) is 5.69 Å². The van der Waals surface area contributed by atoms with Crippen molar-refractivity contribution >= 4 is 33.2 Å². The third-order valence-electron chi connectivity index (χ3n) is 3.50. The summed E-state index contributed by atoms with van der Waals surface area (Å²) < 4.78 is 0.622. The summed E-state index contributed by atoms with van der Waals surface area (Å²) >= 11 is 3.28. The van der Waals surface area contributed by atoms with Crippen LogP contribution in [-0.4, -0.2) is 16.9 Å². The van der Waals surface area contributed by atoms with E-state index in [1.54, 1.807) is 6.07 Å². The van der Waals surface area contributed by atoms with Crippen LogP contribution in [0.2, 0.25) is 0 Å². The molecule has 0 spiro atoms. The molecule has 3 N–H and O–H groups in total. The van der Waals surface area contributed by atoms with E-state index in [-0.39, 0.29) is 23.6 Å². The van der Waals surface area contributed by atoms with Crippen LogP contribution in [0.1, 0.15) is 25.7 Å². The van der Waals surface area contributed by atoms with Gasteiger partial charge in [0, 0.05) is 28.6 Å². The maximum Gasteiger partial charge on any atom is 0.271 e. The molecule has 2 atom stereocenters. The second-order valence-electron chi connectivity index (χ2n) is 5.03. The summed E-state index contributed by atoms with van der Waals surface area (Å²) in [6, 6.07) is 4.36. The van der Waals surface area contributed by atoms with Crippen LogP contribution in [0.4, 0.5) is 11.4 Å². The number of hydrogen-bond donors (Lipinski definition) is 2. The van der Waals surface area contributed by atoms with Gasteiger partial charge in [-0.1, -0.05) is 6.42 Å². The Bertz CT molecular complexity index is 536. The summed E-state index contributed by atoms with van der Waals surface area (Å²) in [5.41, 5.74) is 6.24. The monoisotopic (exact) mass is 341 g/mol. The molecule has 1 aliphatic carbocycles. The van der Waals surface area contributed by atoms with E-state index in [1.807, 2.05) is 0 Å². The molecule has 1 fully saturated rings. The Balaban J connectivity index is 2.10. The van der Waals surface area contributed by atoms with Gasteiger partial charge in [-0.15, -0.1) is 0 Å². The molecule has 20 heavy (non-hydrogen) atoms. The SMILES string of the molecule is NC1CCCC(C(=O)Nc2cc([N+](=O)[O-])ccc2Br)C1. The number of hydrogen-bond acceptors (Lipinski definition) is 4. The molecule has 0 radical (unpaired) electrons. The first-order chi connectivity index (χ1) is 9.47. The molecule has 0 aliphatic heterocycles. The predicted molar refractivity (Wildman–Crippen MR) is 79.4 cm³/mol. The predicted octanol–water partition coefficient (Wildman–Crippen LogP) is 2.81. The normalized spacial score (nSPS) is 22.3. The van der Waals surface area contributed by atoms with E-state index in [9.17, 15) is 14.9 Å². The molecular weight excluding hydrogens is 326 g/mol. The first-order valence-electron chi connectivity index (χ1n) is 6.47. The Morgan fingerprint density at radius 2 is 2.20 bits per heavy atom. The van der Waals surface area contributed by atoms with Gasteiger partial charge in [0.1, 0.15) is 0 Å². The number of anilines is 1. The maximum absolute atomic E-state index is 12.2. The van der Waals surface area contributed by atoms with Crippen molar-refractivity contribution in [1.29, 1.82) is 0 Å². The Labute approximate surface area is 125 Å². The summed E-state index contributed by atoms with van der Waals surface area (Å²) in [5, 5.41) is 13.5. The fourth-order valence-electron chi connectivity index (χ4n) is 2.42. The smallest absolute Gasteiger partial charge is 0.271 e. The average molecular weight is 342 g/mol. The zero-order valence-electron chi connectivity index (χ0n) is 10.8. The van der Waals surface area contributed by atoms with Gasteiger partial charge in [-0.05, 0) is 41.3 Å². The second-order valence-corrected chi connectivity index (χ2v) is 5.89. The summed E-state index contributed by atoms with van der Waals surface area (Å²) in [4.78, 5) is 22.5. The van der Waals surface area contributed by atoms with Crippen molar-refractivity contribution in [3.63, 3.8) is 0 Å². The third-order valence-corrected chi connectivity index (χ3v) is 4.20. The molecule has 2 rings (SSSR count). The van der Waals surface area contributed by atoms with Crippen molar-refractivity contribution < 1.29 is 9.72 Å². The maximum atomic E-state index is 12.2. The van der Waals surface area contributed by atoms with Crippen LogP contribution in [0.15, 0.2) is 22.7 Å². The third kappa shape index (κ3) is 3.55. The molecule has 1 amide bonds. The zero-order chi connectivity index (χ0) is 14.7. The molecule has 1 aromatic carbocycles. The van der Waals surface area contributed by atoms with E-state index in [4.69, 9.17) is 5.73 Å². The van der Waals surface area contributed by atoms with Gasteiger partial charge in [-0.3, -0.25) is 14.9 Å². The molecule has 108 valence electrons. The quantitative estimate of drug-likeness (QED) is 0.652. The Morgan fingerprint density at radius 3 is 2.85 bits per heavy atom. The lowest BCUT2D eigenvalue weighted by atomic mass is 9.85. The molecule has 1 saturated carbocycles. The molecule has 0 heterocycles. The van der Waals surface area contributed by atoms with Gasteiger partial charge in [0.2, 0.25) is 5.91 Å². The summed E-state index contributed by atoms with van der Waals surface area (Å²) in [7, 11) is 0. The minimum atomic E-state index is -0.487. The van der Waals surface area contributed by atoms with Crippen LogP contribution in [0.25, 0.3) is 0 Å². The van der Waals surface area contributed by atoms with Gasteiger partial charge in [-0.2, -0.15) is 0 Å². The van der Waals surface area contributed by atoms with Gasteiger partial charge in [0.15, 0.2) is 0 Å². The topological polar surface area (TPSA) is 98.3 Å². The first-order valence-corrected chi connectivity index (χ1v) is 7.27. The molecule has 2 unspecified atom stereocenters. The van der Waals surface area contributed by atoms with Crippen LogP contribution in [-0.2, 0) is 4.79 Å². The minimum absolute atomic E-state index is 0.0520. The number of nitro benzene ring substituents is 1. The molecule has 0 bridgehead atoms. The highest BCUT2D eigenvalue weighted by Crippen LogP contribution is 2.29. The van der Waals surface area contributed by atoms with Crippen LogP contribution in [0.3, 0.4) is 0 Å². The van der Waals surface area contributed by atoms with Crippen molar-refractivity contribution in [3.05, 3.63) is 32.8 Å². The van der Waals surface area contributed by atoms with E-state index in [0.29, 0.717) is 16.6 Å². The molecule has 0 aromatic heterocycles. The van der Waals surface area contributed by atoms with E-state index in [2.05, 4.69) is 21.2 Å². The number of benzene rings is 1. The van der Waals surface area contributed by atoms with Crippen molar-refractivity contribution in [3.8, 4) is 0 Å². The highest BCUT2D eigenvalue weighted by molar-refractivity contribution is 9.10. The first kappa shape index (κ1) is 14.9. The summed E-state index contributed by atoms with van der Waals surface area (Å²) in [6.45, 7) is 0. The van der Waals surface area contributed by atoms with Crippen LogP contribution in [0.5, 0.6) is 0 Å². The number of nitrogens with zero attached hydrogens (tertiary/aromatic N) is 1. The second kappa shape index (κ2) is 6.32. The van der Waals surface area contributed by atoms with Gasteiger partial charge in [-0.25, -0.2) is 0 Å². The number of amides is 1. The zero-order valence-corrected chi connectivity index (χ0v) is 12.4. The number of nitrogens with two attached hydrogens (primary N) is 1. The number of halogens is 1. The van der Waals surface area contributed by atoms with Crippen LogP contribution in [0, 0.1) is 16.0 Å². The average Bonchev–Trinajstić information content (AvgIpc) is 2.41. The fourth-order valence-corrected chi connectivity index (χ4v) is 2.77. The molecule has 1 aliphatic rings. The highest BCUT2D eigenvalue weighted by Gasteiger charge is 2.26. The highest BCUT2D eigenvalue weighted by atomic mass is 79.9. The van der Waals surface area contributed by atoms with Crippen LogP contribution >= 0.6 is 15.9 Å². The standard InChI is InChI=1S/C13H16BrN3O3/c14-11-5-4-10(17(19)20)7-12(11)16-13(18)8-2-1-3-9(15)6-8/h4-5,7-9H,1-3,6,15H2,(H,16,18).